The SMILES string of the molecule is NC1=NC2CNCC2CS1. The molecule has 0 aliphatic carbocycles. The lowest BCUT2D eigenvalue weighted by Crippen LogP contribution is -2.28. The Bertz CT molecular complexity index is 168. The molecule has 0 amide bonds. The molecule has 2 aliphatic heterocycles. The summed E-state index contributed by atoms with van der Waals surface area (Å²) in [7, 11) is 0. The summed E-state index contributed by atoms with van der Waals surface area (Å²) >= 11 is 1.68. The lowest BCUT2D eigenvalue weighted by molar-refractivity contribution is 0.573. The maximum Gasteiger partial charge on any atom is 0.154 e. The van der Waals surface area contributed by atoms with Gasteiger partial charge in [-0.1, -0.05) is 11.8 Å². The molecule has 1 fully saturated rings. The minimum Gasteiger partial charge on any atom is -0.379 e. The number of nitrogens with zero attached hydrogens (tertiary/aromatic N) is 1. The molecule has 0 spiro atoms. The second-order valence-electron chi connectivity index (χ2n) is 2.76. The molecule has 3 nitrogen and oxygen atoms in total. The first kappa shape index (κ1) is 6.49. The quantitative estimate of drug-likeness (QED) is 0.504. The highest BCUT2D eigenvalue weighted by molar-refractivity contribution is 8.13. The number of thioether (sulfide) groups is 1. The smallest absolute Gasteiger partial charge is 0.154 e. The molecule has 2 aliphatic rings. The molecule has 56 valence electrons. The lowest BCUT2D eigenvalue weighted by atomic mass is 10.1. The molecule has 0 aromatic rings. The van der Waals surface area contributed by atoms with Gasteiger partial charge in [0.15, 0.2) is 5.17 Å². The van der Waals surface area contributed by atoms with Gasteiger partial charge in [0, 0.05) is 24.8 Å². The van der Waals surface area contributed by atoms with Gasteiger partial charge in [0.25, 0.3) is 0 Å². The van der Waals surface area contributed by atoms with Crippen molar-refractivity contribution in [2.45, 2.75) is 6.04 Å². The van der Waals surface area contributed by atoms with Crippen molar-refractivity contribution < 1.29 is 0 Å². The van der Waals surface area contributed by atoms with E-state index in [0.29, 0.717) is 6.04 Å². The first-order valence-corrected chi connectivity index (χ1v) is 4.51. The number of fused-ring (bicyclic) bond motifs is 1. The Kier molecular flexibility index (Phi) is 1.58. The van der Waals surface area contributed by atoms with Crippen molar-refractivity contribution in [3.63, 3.8) is 0 Å². The van der Waals surface area contributed by atoms with Gasteiger partial charge in [-0.25, -0.2) is 0 Å². The molecule has 0 saturated carbocycles. The summed E-state index contributed by atoms with van der Waals surface area (Å²) in [5, 5.41) is 4.08. The molecule has 1 saturated heterocycles. The first-order valence-electron chi connectivity index (χ1n) is 3.53. The Balaban J connectivity index is 2.13. The Morgan fingerprint density at radius 2 is 2.50 bits per heavy atom. The molecule has 2 unspecified atom stereocenters. The molecule has 0 bridgehead atoms. The molecule has 2 heterocycles. The molecule has 10 heavy (non-hydrogen) atoms. The Hall–Kier alpha value is -0.220. The Morgan fingerprint density at radius 1 is 1.60 bits per heavy atom. The van der Waals surface area contributed by atoms with E-state index >= 15 is 0 Å². The van der Waals surface area contributed by atoms with E-state index in [1.54, 1.807) is 11.8 Å². The molecule has 4 heteroatoms. The van der Waals surface area contributed by atoms with Crippen LogP contribution in [0.15, 0.2) is 4.99 Å². The van der Waals surface area contributed by atoms with Gasteiger partial charge in [0.2, 0.25) is 0 Å². The summed E-state index contributed by atoms with van der Waals surface area (Å²) in [6, 6.07) is 0.473. The number of hydrogen-bond acceptors (Lipinski definition) is 4. The molecule has 2 rings (SSSR count). The third kappa shape index (κ3) is 1.01. The third-order valence-corrected chi connectivity index (χ3v) is 3.04. The van der Waals surface area contributed by atoms with Crippen molar-refractivity contribution >= 4 is 16.9 Å². The lowest BCUT2D eigenvalue weighted by Gasteiger charge is -2.19. The molecule has 2 atom stereocenters. The van der Waals surface area contributed by atoms with Crippen LogP contribution in [0.5, 0.6) is 0 Å². The minimum atomic E-state index is 0.473. The van der Waals surface area contributed by atoms with Gasteiger partial charge in [-0.05, 0) is 0 Å². The van der Waals surface area contributed by atoms with Crippen LogP contribution in [-0.2, 0) is 0 Å². The van der Waals surface area contributed by atoms with Crippen LogP contribution in [0, 0.1) is 5.92 Å². The minimum absolute atomic E-state index is 0.473. The molecular formula is C6H11N3S. The number of hydrogen-bond donors (Lipinski definition) is 2. The van der Waals surface area contributed by atoms with Crippen molar-refractivity contribution in [3.05, 3.63) is 0 Å². The van der Waals surface area contributed by atoms with Crippen molar-refractivity contribution in [2.24, 2.45) is 16.6 Å². The fourth-order valence-corrected chi connectivity index (χ4v) is 2.37. The fraction of sp³-hybridized carbons (Fsp3) is 0.833. The number of amidine groups is 1. The largest absolute Gasteiger partial charge is 0.379 e. The van der Waals surface area contributed by atoms with E-state index in [1.165, 1.54) is 0 Å². The van der Waals surface area contributed by atoms with E-state index < -0.39 is 0 Å². The summed E-state index contributed by atoms with van der Waals surface area (Å²) in [4.78, 5) is 4.34. The van der Waals surface area contributed by atoms with Crippen LogP contribution in [0.1, 0.15) is 0 Å². The number of aliphatic imine (C=N–C) groups is 1. The second-order valence-corrected chi connectivity index (χ2v) is 3.80. The third-order valence-electron chi connectivity index (χ3n) is 2.04. The van der Waals surface area contributed by atoms with Crippen LogP contribution < -0.4 is 11.1 Å². The van der Waals surface area contributed by atoms with E-state index in [9.17, 15) is 0 Å². The first-order chi connectivity index (χ1) is 4.86. The van der Waals surface area contributed by atoms with Gasteiger partial charge in [-0.2, -0.15) is 0 Å². The van der Waals surface area contributed by atoms with E-state index in [0.717, 1.165) is 29.9 Å². The Labute approximate surface area is 64.5 Å². The predicted octanol–water partition coefficient (Wildman–Crippen LogP) is -0.364. The van der Waals surface area contributed by atoms with Gasteiger partial charge in [-0.3, -0.25) is 4.99 Å². The molecule has 3 N–H and O–H groups in total. The molecule has 0 aromatic heterocycles. The van der Waals surface area contributed by atoms with Gasteiger partial charge in [0.1, 0.15) is 0 Å². The number of nitrogens with two attached hydrogens (primary N) is 1. The highest BCUT2D eigenvalue weighted by Crippen LogP contribution is 2.23. The number of nitrogens with one attached hydrogen (secondary N) is 1. The van der Waals surface area contributed by atoms with E-state index in [2.05, 4.69) is 10.3 Å². The van der Waals surface area contributed by atoms with Gasteiger partial charge in [0.05, 0.1) is 6.04 Å². The molecule has 0 radical (unpaired) electrons. The summed E-state index contributed by atoms with van der Waals surface area (Å²) in [5.74, 6) is 1.88. The van der Waals surface area contributed by atoms with Gasteiger partial charge < -0.3 is 11.1 Å². The summed E-state index contributed by atoms with van der Waals surface area (Å²) < 4.78 is 0. The van der Waals surface area contributed by atoms with Crippen molar-refractivity contribution in [1.29, 1.82) is 0 Å². The van der Waals surface area contributed by atoms with Gasteiger partial charge >= 0.3 is 0 Å². The zero-order valence-electron chi connectivity index (χ0n) is 5.71. The van der Waals surface area contributed by atoms with Crippen LogP contribution in [0.2, 0.25) is 0 Å². The van der Waals surface area contributed by atoms with Crippen molar-refractivity contribution in [1.82, 2.24) is 5.32 Å². The zero-order valence-corrected chi connectivity index (χ0v) is 6.53. The van der Waals surface area contributed by atoms with E-state index in [-0.39, 0.29) is 0 Å². The summed E-state index contributed by atoms with van der Waals surface area (Å²) in [6.45, 7) is 2.14. The van der Waals surface area contributed by atoms with E-state index in [4.69, 9.17) is 5.73 Å². The van der Waals surface area contributed by atoms with Crippen LogP contribution >= 0.6 is 11.8 Å². The normalized spacial score (nSPS) is 39.0. The summed E-state index contributed by atoms with van der Waals surface area (Å²) in [5.41, 5.74) is 5.58. The zero-order chi connectivity index (χ0) is 6.97. The van der Waals surface area contributed by atoms with Crippen molar-refractivity contribution in [3.8, 4) is 0 Å². The summed E-state index contributed by atoms with van der Waals surface area (Å²) in [6.07, 6.45) is 0. The van der Waals surface area contributed by atoms with Crippen molar-refractivity contribution in [2.75, 3.05) is 18.8 Å². The average molecular weight is 157 g/mol. The molecule has 0 aromatic carbocycles. The van der Waals surface area contributed by atoms with Crippen LogP contribution in [0.4, 0.5) is 0 Å². The second kappa shape index (κ2) is 2.43. The standard InChI is InChI=1S/C6H11N3S/c7-6-9-5-2-8-1-4(5)3-10-6/h4-5,8H,1-3H2,(H2,7,9). The molecular weight excluding hydrogens is 146 g/mol. The monoisotopic (exact) mass is 157 g/mol. The fourth-order valence-electron chi connectivity index (χ4n) is 1.43. The topological polar surface area (TPSA) is 50.4 Å². The van der Waals surface area contributed by atoms with Crippen LogP contribution in [0.3, 0.4) is 0 Å². The van der Waals surface area contributed by atoms with Crippen LogP contribution in [-0.4, -0.2) is 30.1 Å². The maximum absolute atomic E-state index is 5.58. The maximum atomic E-state index is 5.58. The average Bonchev–Trinajstić information content (AvgIpc) is 2.33. The van der Waals surface area contributed by atoms with Crippen LogP contribution in [0.25, 0.3) is 0 Å². The highest BCUT2D eigenvalue weighted by Gasteiger charge is 2.29. The van der Waals surface area contributed by atoms with E-state index in [1.807, 2.05) is 0 Å². The Morgan fingerprint density at radius 3 is 3.40 bits per heavy atom. The van der Waals surface area contributed by atoms with Gasteiger partial charge in [-0.15, -0.1) is 0 Å². The number of rotatable bonds is 0. The highest BCUT2D eigenvalue weighted by atomic mass is 32.2. The predicted molar refractivity (Wildman–Crippen MR) is 44.2 cm³/mol.